The van der Waals surface area contributed by atoms with E-state index in [1.165, 1.54) is 0 Å². The lowest BCUT2D eigenvalue weighted by molar-refractivity contribution is 0.0672. The van der Waals surface area contributed by atoms with Crippen LogP contribution in [0.1, 0.15) is 24.2 Å². The fourth-order valence-electron chi connectivity index (χ4n) is 2.20. The first-order chi connectivity index (χ1) is 9.86. The van der Waals surface area contributed by atoms with Crippen molar-refractivity contribution >= 4 is 17.3 Å². The zero-order chi connectivity index (χ0) is 16.0. The molecule has 0 bridgehead atoms. The largest absolute Gasteiger partial charge is 0.397 e. The van der Waals surface area contributed by atoms with Gasteiger partial charge < -0.3 is 20.3 Å². The Morgan fingerprint density at radius 1 is 1.33 bits per heavy atom. The molecule has 0 atom stereocenters. The van der Waals surface area contributed by atoms with E-state index in [-0.39, 0.29) is 5.91 Å². The summed E-state index contributed by atoms with van der Waals surface area (Å²) in [7, 11) is 5.50. The number of benzene rings is 1. The highest BCUT2D eigenvalue weighted by Gasteiger charge is 2.17. The van der Waals surface area contributed by atoms with Crippen molar-refractivity contribution in [3.63, 3.8) is 0 Å². The van der Waals surface area contributed by atoms with E-state index in [4.69, 9.17) is 10.5 Å². The molecule has 0 aliphatic heterocycles. The molecular weight excluding hydrogens is 266 g/mol. The van der Waals surface area contributed by atoms with Gasteiger partial charge in [0.1, 0.15) is 0 Å². The normalized spacial score (nSPS) is 10.8. The minimum atomic E-state index is -0.00208. The Morgan fingerprint density at radius 2 is 2.00 bits per heavy atom. The van der Waals surface area contributed by atoms with Crippen molar-refractivity contribution in [2.75, 3.05) is 51.5 Å². The predicted octanol–water partition coefficient (Wildman–Crippen LogP) is 2.08. The summed E-state index contributed by atoms with van der Waals surface area (Å²) in [6.07, 6.45) is 0. The van der Waals surface area contributed by atoms with E-state index in [0.29, 0.717) is 36.9 Å². The van der Waals surface area contributed by atoms with Gasteiger partial charge in [0.25, 0.3) is 5.91 Å². The van der Waals surface area contributed by atoms with Gasteiger partial charge in [-0.15, -0.1) is 0 Å². The second-order valence-electron chi connectivity index (χ2n) is 5.81. The van der Waals surface area contributed by atoms with E-state index in [2.05, 4.69) is 13.8 Å². The molecule has 2 N–H and O–H groups in total. The number of amides is 1. The molecule has 0 heterocycles. The van der Waals surface area contributed by atoms with Crippen molar-refractivity contribution in [2.24, 2.45) is 5.92 Å². The summed E-state index contributed by atoms with van der Waals surface area (Å²) in [5.74, 6) is 0.405. The highest BCUT2D eigenvalue weighted by atomic mass is 16.5. The first kappa shape index (κ1) is 17.3. The second-order valence-corrected chi connectivity index (χ2v) is 5.81. The molecule has 0 aromatic heterocycles. The van der Waals surface area contributed by atoms with E-state index < -0.39 is 0 Å². The lowest BCUT2D eigenvalue weighted by Gasteiger charge is -2.25. The Balaban J connectivity index is 2.94. The molecule has 1 aromatic carbocycles. The Kier molecular flexibility index (Phi) is 6.49. The maximum atomic E-state index is 12.6. The fourth-order valence-corrected chi connectivity index (χ4v) is 2.20. The summed E-state index contributed by atoms with van der Waals surface area (Å²) in [6, 6.07) is 5.46. The van der Waals surface area contributed by atoms with Crippen LogP contribution in [0.4, 0.5) is 11.4 Å². The standard InChI is InChI=1S/C16H27N3O2/c1-12(2)11-19(8-9-21-5)16(20)13-6-7-15(18(3)4)14(17)10-13/h6-7,10,12H,8-9,11,17H2,1-5H3. The molecule has 0 aliphatic carbocycles. The highest BCUT2D eigenvalue weighted by molar-refractivity contribution is 5.96. The maximum Gasteiger partial charge on any atom is 0.254 e. The first-order valence-corrected chi connectivity index (χ1v) is 7.21. The summed E-state index contributed by atoms with van der Waals surface area (Å²) >= 11 is 0. The Morgan fingerprint density at radius 3 is 2.48 bits per heavy atom. The third kappa shape index (κ3) is 4.93. The average molecular weight is 293 g/mol. The molecule has 1 amide bonds. The van der Waals surface area contributed by atoms with E-state index >= 15 is 0 Å². The van der Waals surface area contributed by atoms with E-state index in [1.54, 1.807) is 13.2 Å². The van der Waals surface area contributed by atoms with Crippen LogP contribution in [0.3, 0.4) is 0 Å². The number of carbonyl (C=O) groups is 1. The minimum Gasteiger partial charge on any atom is -0.397 e. The van der Waals surface area contributed by atoms with Crippen molar-refractivity contribution in [3.8, 4) is 0 Å². The van der Waals surface area contributed by atoms with Crippen molar-refractivity contribution in [3.05, 3.63) is 23.8 Å². The molecule has 21 heavy (non-hydrogen) atoms. The molecule has 0 aliphatic rings. The second kappa shape index (κ2) is 7.88. The average Bonchev–Trinajstić information content (AvgIpc) is 2.41. The van der Waals surface area contributed by atoms with Gasteiger partial charge in [0.15, 0.2) is 0 Å². The van der Waals surface area contributed by atoms with Gasteiger partial charge in [-0.25, -0.2) is 0 Å². The van der Waals surface area contributed by atoms with E-state index in [1.807, 2.05) is 36.0 Å². The zero-order valence-electron chi connectivity index (χ0n) is 13.7. The lowest BCUT2D eigenvalue weighted by atomic mass is 10.1. The van der Waals surface area contributed by atoms with Gasteiger partial charge in [-0.3, -0.25) is 4.79 Å². The van der Waals surface area contributed by atoms with E-state index in [9.17, 15) is 4.79 Å². The Hall–Kier alpha value is -1.75. The molecule has 0 fully saturated rings. The number of hydrogen-bond acceptors (Lipinski definition) is 4. The molecule has 1 rings (SSSR count). The summed E-state index contributed by atoms with van der Waals surface area (Å²) in [5, 5.41) is 0. The zero-order valence-corrected chi connectivity index (χ0v) is 13.7. The van der Waals surface area contributed by atoms with Gasteiger partial charge in [-0.05, 0) is 24.1 Å². The number of ether oxygens (including phenoxy) is 1. The van der Waals surface area contributed by atoms with Crippen LogP contribution in [0.5, 0.6) is 0 Å². The van der Waals surface area contributed by atoms with Gasteiger partial charge in [0.05, 0.1) is 18.0 Å². The monoisotopic (exact) mass is 293 g/mol. The van der Waals surface area contributed by atoms with Crippen LogP contribution in [-0.2, 0) is 4.74 Å². The molecule has 0 spiro atoms. The van der Waals surface area contributed by atoms with Crippen molar-refractivity contribution in [2.45, 2.75) is 13.8 Å². The van der Waals surface area contributed by atoms with Crippen LogP contribution < -0.4 is 10.6 Å². The number of methoxy groups -OCH3 is 1. The summed E-state index contributed by atoms with van der Waals surface area (Å²) in [6.45, 7) is 6.01. The highest BCUT2D eigenvalue weighted by Crippen LogP contribution is 2.23. The Labute approximate surface area is 127 Å². The van der Waals surface area contributed by atoms with Crippen LogP contribution in [0.15, 0.2) is 18.2 Å². The summed E-state index contributed by atoms with van der Waals surface area (Å²) in [4.78, 5) is 16.4. The number of rotatable bonds is 7. The third-order valence-corrected chi connectivity index (χ3v) is 3.19. The molecule has 0 saturated carbocycles. The molecule has 118 valence electrons. The molecule has 0 radical (unpaired) electrons. The topological polar surface area (TPSA) is 58.8 Å². The SMILES string of the molecule is COCCN(CC(C)C)C(=O)c1ccc(N(C)C)c(N)c1. The number of carbonyl (C=O) groups excluding carboxylic acids is 1. The van der Waals surface area contributed by atoms with Gasteiger partial charge in [-0.2, -0.15) is 0 Å². The lowest BCUT2D eigenvalue weighted by Crippen LogP contribution is -2.36. The minimum absolute atomic E-state index is 0.00208. The summed E-state index contributed by atoms with van der Waals surface area (Å²) < 4.78 is 5.09. The van der Waals surface area contributed by atoms with Crippen molar-refractivity contribution < 1.29 is 9.53 Å². The molecule has 5 nitrogen and oxygen atoms in total. The van der Waals surface area contributed by atoms with Crippen LogP contribution in [-0.4, -0.2) is 51.7 Å². The van der Waals surface area contributed by atoms with Crippen LogP contribution >= 0.6 is 0 Å². The molecular formula is C16H27N3O2. The number of nitrogen functional groups attached to an aromatic ring is 1. The summed E-state index contributed by atoms with van der Waals surface area (Å²) in [5.41, 5.74) is 8.17. The predicted molar refractivity (Wildman–Crippen MR) is 87.8 cm³/mol. The van der Waals surface area contributed by atoms with Gasteiger partial charge >= 0.3 is 0 Å². The van der Waals surface area contributed by atoms with Crippen molar-refractivity contribution in [1.29, 1.82) is 0 Å². The Bertz CT molecular complexity index is 473. The number of nitrogens with zero attached hydrogens (tertiary/aromatic N) is 2. The van der Waals surface area contributed by atoms with Crippen LogP contribution in [0.2, 0.25) is 0 Å². The van der Waals surface area contributed by atoms with E-state index in [0.717, 1.165) is 5.69 Å². The number of nitrogens with two attached hydrogens (primary N) is 1. The first-order valence-electron chi connectivity index (χ1n) is 7.21. The molecule has 0 unspecified atom stereocenters. The quantitative estimate of drug-likeness (QED) is 0.782. The molecule has 0 saturated heterocycles. The third-order valence-electron chi connectivity index (χ3n) is 3.19. The van der Waals surface area contributed by atoms with Crippen molar-refractivity contribution in [1.82, 2.24) is 4.90 Å². The smallest absolute Gasteiger partial charge is 0.254 e. The van der Waals surface area contributed by atoms with Gasteiger partial charge in [0, 0.05) is 39.9 Å². The molecule has 1 aromatic rings. The number of hydrogen-bond donors (Lipinski definition) is 1. The van der Waals surface area contributed by atoms with Crippen LogP contribution in [0, 0.1) is 5.92 Å². The van der Waals surface area contributed by atoms with Gasteiger partial charge in [-0.1, -0.05) is 13.8 Å². The van der Waals surface area contributed by atoms with Gasteiger partial charge in [0.2, 0.25) is 0 Å². The fraction of sp³-hybridized carbons (Fsp3) is 0.562. The molecule has 5 heteroatoms. The number of anilines is 2. The maximum absolute atomic E-state index is 12.6. The van der Waals surface area contributed by atoms with Crippen LogP contribution in [0.25, 0.3) is 0 Å².